The lowest BCUT2D eigenvalue weighted by atomic mass is 9.90. The molecule has 0 N–H and O–H groups in total. The Hall–Kier alpha value is -7.24. The number of fused-ring (bicyclic) bond motifs is 6. The zero-order valence-electron chi connectivity index (χ0n) is 30.6. The van der Waals surface area contributed by atoms with Crippen LogP contribution in [0.5, 0.6) is 0 Å². The summed E-state index contributed by atoms with van der Waals surface area (Å²) < 4.78 is 10.3. The van der Waals surface area contributed by atoms with E-state index in [4.69, 9.17) is 14.7 Å². The van der Waals surface area contributed by atoms with E-state index in [2.05, 4.69) is 161 Å². The molecule has 11 rings (SSSR count). The molecule has 0 spiro atoms. The quantitative estimate of drug-likeness (QED) is 0.172. The Kier molecular flexibility index (Phi) is 7.62. The third kappa shape index (κ3) is 5.39. The van der Waals surface area contributed by atoms with Crippen molar-refractivity contribution in [2.75, 3.05) is 0 Å². The normalized spacial score (nSPS) is 14.9. The number of aromatic nitrogens is 4. The van der Waals surface area contributed by atoms with Gasteiger partial charge in [-0.1, -0.05) is 127 Å². The topological polar surface area (TPSA) is 44.9 Å². The van der Waals surface area contributed by atoms with Crippen molar-refractivity contribution in [2.45, 2.75) is 18.8 Å². The maximum absolute atomic E-state index is 5.60. The summed E-state index contributed by atoms with van der Waals surface area (Å²) in [7, 11) is 0. The van der Waals surface area contributed by atoms with Gasteiger partial charge in [0.25, 0.3) is 0 Å². The number of benzene rings is 6. The van der Waals surface area contributed by atoms with Gasteiger partial charge in [0.15, 0.2) is 5.82 Å². The van der Waals surface area contributed by atoms with E-state index in [1.807, 2.05) is 24.3 Å². The highest BCUT2D eigenvalue weighted by Gasteiger charge is 2.21. The minimum atomic E-state index is 0.232. The second kappa shape index (κ2) is 13.3. The van der Waals surface area contributed by atoms with Crippen molar-refractivity contribution in [3.8, 4) is 34.0 Å². The number of ether oxygens (including phenoxy) is 1. The third-order valence-corrected chi connectivity index (χ3v) is 11.3. The van der Waals surface area contributed by atoms with Gasteiger partial charge in [0.2, 0.25) is 0 Å². The van der Waals surface area contributed by atoms with Crippen molar-refractivity contribution < 1.29 is 4.74 Å². The van der Waals surface area contributed by atoms with E-state index in [-0.39, 0.29) is 5.92 Å². The van der Waals surface area contributed by atoms with Crippen molar-refractivity contribution in [2.24, 2.45) is 0 Å². The SMILES string of the molecule is C1=COC=C(c2cc(-n3c4ccccc4c4cc(C5C=c6c(n(-c7ccc(-c8ccccc8)cc7)c7ccccc67)=CC5)ccc43)nc(-c3ccccc3)n2)C1. The van der Waals surface area contributed by atoms with Gasteiger partial charge in [-0.2, -0.15) is 0 Å². The molecule has 0 fully saturated rings. The number of hydrogen-bond acceptors (Lipinski definition) is 3. The molecule has 1 unspecified atom stereocenters. The first-order valence-corrected chi connectivity index (χ1v) is 19.2. The highest BCUT2D eigenvalue weighted by Crippen LogP contribution is 2.36. The molecular formula is C51H36N4O. The molecule has 0 saturated carbocycles. The Bertz CT molecular complexity index is 3150. The molecule has 2 aliphatic rings. The van der Waals surface area contributed by atoms with E-state index in [9.17, 15) is 0 Å². The summed E-state index contributed by atoms with van der Waals surface area (Å²) >= 11 is 0. The molecular weight excluding hydrogens is 685 g/mol. The van der Waals surface area contributed by atoms with Gasteiger partial charge in [-0.05, 0) is 72.0 Å². The van der Waals surface area contributed by atoms with Crippen LogP contribution in [0.1, 0.15) is 30.0 Å². The standard InChI is InChI=1S/C51H36N4O/c1-3-12-34(13-4-1)35-21-25-40(26-22-35)54-46-19-9-7-17-41(46)43-30-37(23-27-48(43)54)38-24-28-49-44(31-38)42-18-8-10-20-47(42)55(49)50-32-45(39-16-11-29-56-33-39)52-51(53-50)36-14-5-2-6-15-36/h1-15,17-22,24-33,37H,16,23H2. The van der Waals surface area contributed by atoms with Crippen LogP contribution < -0.4 is 10.6 Å². The Morgan fingerprint density at radius 3 is 2.02 bits per heavy atom. The molecule has 3 aromatic heterocycles. The van der Waals surface area contributed by atoms with Crippen LogP contribution in [0, 0.1) is 0 Å². The predicted octanol–water partition coefficient (Wildman–Crippen LogP) is 10.9. The molecule has 0 saturated heterocycles. The second-order valence-corrected chi connectivity index (χ2v) is 14.6. The molecule has 0 amide bonds. The van der Waals surface area contributed by atoms with Gasteiger partial charge in [-0.3, -0.25) is 4.57 Å². The summed E-state index contributed by atoms with van der Waals surface area (Å²) in [4.78, 5) is 10.2. The van der Waals surface area contributed by atoms with Crippen molar-refractivity contribution in [1.29, 1.82) is 0 Å². The molecule has 0 bridgehead atoms. The van der Waals surface area contributed by atoms with Crippen LogP contribution in [0.3, 0.4) is 0 Å². The molecule has 1 atom stereocenters. The van der Waals surface area contributed by atoms with Gasteiger partial charge in [-0.15, -0.1) is 0 Å². The molecule has 4 heterocycles. The number of rotatable bonds is 6. The van der Waals surface area contributed by atoms with Crippen molar-refractivity contribution in [1.82, 2.24) is 19.1 Å². The smallest absolute Gasteiger partial charge is 0.162 e. The van der Waals surface area contributed by atoms with E-state index in [1.165, 1.54) is 54.6 Å². The van der Waals surface area contributed by atoms with Gasteiger partial charge in [-0.25, -0.2) is 9.97 Å². The van der Waals surface area contributed by atoms with Gasteiger partial charge < -0.3 is 9.30 Å². The molecule has 56 heavy (non-hydrogen) atoms. The third-order valence-electron chi connectivity index (χ3n) is 11.3. The van der Waals surface area contributed by atoms with Gasteiger partial charge in [0.1, 0.15) is 5.82 Å². The fraction of sp³-hybridized carbons (Fsp3) is 0.0588. The average molecular weight is 721 g/mol. The largest absolute Gasteiger partial charge is 0.473 e. The van der Waals surface area contributed by atoms with Crippen LogP contribution in [-0.2, 0) is 4.74 Å². The summed E-state index contributed by atoms with van der Waals surface area (Å²) in [6.45, 7) is 0. The maximum atomic E-state index is 5.60. The number of hydrogen-bond donors (Lipinski definition) is 0. The molecule has 5 heteroatoms. The molecule has 266 valence electrons. The first-order chi connectivity index (χ1) is 27.8. The van der Waals surface area contributed by atoms with E-state index in [0.29, 0.717) is 5.82 Å². The first kappa shape index (κ1) is 32.2. The lowest BCUT2D eigenvalue weighted by Crippen LogP contribution is -2.31. The molecule has 5 nitrogen and oxygen atoms in total. The Morgan fingerprint density at radius 1 is 0.571 bits per heavy atom. The zero-order chi connectivity index (χ0) is 37.0. The van der Waals surface area contributed by atoms with E-state index < -0.39 is 0 Å². The van der Waals surface area contributed by atoms with Gasteiger partial charge >= 0.3 is 0 Å². The Morgan fingerprint density at radius 2 is 1.25 bits per heavy atom. The summed E-state index contributed by atoms with van der Waals surface area (Å²) in [5.74, 6) is 1.75. The van der Waals surface area contributed by atoms with Crippen LogP contribution >= 0.6 is 0 Å². The Balaban J connectivity index is 1.03. The fourth-order valence-corrected chi connectivity index (χ4v) is 8.58. The van der Waals surface area contributed by atoms with E-state index in [0.717, 1.165) is 46.5 Å². The highest BCUT2D eigenvalue weighted by molar-refractivity contribution is 6.09. The van der Waals surface area contributed by atoms with Crippen LogP contribution in [0.25, 0.3) is 84.5 Å². The summed E-state index contributed by atoms with van der Waals surface area (Å²) in [5, 5.41) is 6.24. The van der Waals surface area contributed by atoms with Crippen LogP contribution in [0.15, 0.2) is 176 Å². The minimum absolute atomic E-state index is 0.232. The molecule has 0 radical (unpaired) electrons. The number of allylic oxidation sites excluding steroid dienone is 2. The van der Waals surface area contributed by atoms with Gasteiger partial charge in [0, 0.05) is 55.5 Å². The number of para-hydroxylation sites is 2. The lowest BCUT2D eigenvalue weighted by Gasteiger charge is -2.16. The second-order valence-electron chi connectivity index (χ2n) is 14.6. The van der Waals surface area contributed by atoms with Crippen molar-refractivity contribution >= 4 is 50.4 Å². The predicted molar refractivity (Wildman–Crippen MR) is 229 cm³/mol. The van der Waals surface area contributed by atoms with Crippen LogP contribution in [-0.4, -0.2) is 19.1 Å². The molecule has 1 aliphatic carbocycles. The first-order valence-electron chi connectivity index (χ1n) is 19.2. The Labute approximate surface area is 324 Å². The van der Waals surface area contributed by atoms with Crippen molar-refractivity contribution in [3.63, 3.8) is 0 Å². The summed E-state index contributed by atoms with van der Waals surface area (Å²) in [6.07, 6.45) is 12.1. The van der Waals surface area contributed by atoms with Gasteiger partial charge in [0.05, 0.1) is 34.8 Å². The van der Waals surface area contributed by atoms with E-state index >= 15 is 0 Å². The summed E-state index contributed by atoms with van der Waals surface area (Å²) in [5.41, 5.74) is 11.2. The zero-order valence-corrected chi connectivity index (χ0v) is 30.6. The monoisotopic (exact) mass is 720 g/mol. The number of nitrogens with zero attached hydrogens (tertiary/aromatic N) is 4. The summed E-state index contributed by atoms with van der Waals surface area (Å²) in [6, 6.07) is 56.3. The van der Waals surface area contributed by atoms with Crippen LogP contribution in [0.2, 0.25) is 0 Å². The molecule has 6 aromatic carbocycles. The average Bonchev–Trinajstić information content (AvgIpc) is 3.79. The van der Waals surface area contributed by atoms with E-state index in [1.54, 1.807) is 12.5 Å². The van der Waals surface area contributed by atoms with Crippen LogP contribution in [0.4, 0.5) is 0 Å². The van der Waals surface area contributed by atoms with Crippen molar-refractivity contribution in [3.05, 3.63) is 198 Å². The maximum Gasteiger partial charge on any atom is 0.162 e. The minimum Gasteiger partial charge on any atom is -0.473 e. The lowest BCUT2D eigenvalue weighted by molar-refractivity contribution is 0.397. The highest BCUT2D eigenvalue weighted by atomic mass is 16.5. The molecule has 9 aromatic rings. The molecule has 1 aliphatic heterocycles. The fourth-order valence-electron chi connectivity index (χ4n) is 8.58.